The molecule has 2 aliphatic heterocycles. The Balaban J connectivity index is 1.60. The van der Waals surface area contributed by atoms with E-state index in [1.54, 1.807) is 7.11 Å². The molecular weight excluding hydrogens is 264 g/mol. The van der Waals surface area contributed by atoms with Gasteiger partial charge in [0.25, 0.3) is 0 Å². The van der Waals surface area contributed by atoms with Gasteiger partial charge < -0.3 is 9.30 Å². The fourth-order valence-electron chi connectivity index (χ4n) is 3.45. The predicted octanol–water partition coefficient (Wildman–Crippen LogP) is 1.37. The van der Waals surface area contributed by atoms with Crippen molar-refractivity contribution < 1.29 is 4.74 Å². The molecule has 0 N–H and O–H groups in total. The van der Waals surface area contributed by atoms with E-state index in [9.17, 15) is 0 Å². The first-order valence-corrected chi connectivity index (χ1v) is 8.34. The molecule has 0 amide bonds. The van der Waals surface area contributed by atoms with Gasteiger partial charge in [-0.1, -0.05) is 6.42 Å². The highest BCUT2D eigenvalue weighted by molar-refractivity contribution is 5.07. The first kappa shape index (κ1) is 15.0. The number of fused-ring (bicyclic) bond motifs is 1. The number of aromatic nitrogens is 2. The zero-order valence-electron chi connectivity index (χ0n) is 13.3. The highest BCUT2D eigenvalue weighted by atomic mass is 16.5. The van der Waals surface area contributed by atoms with E-state index < -0.39 is 0 Å². The Morgan fingerprint density at radius 3 is 2.71 bits per heavy atom. The summed E-state index contributed by atoms with van der Waals surface area (Å²) in [6, 6.07) is 0. The summed E-state index contributed by atoms with van der Waals surface area (Å²) < 4.78 is 7.66. The minimum absolute atomic E-state index is 0.822. The summed E-state index contributed by atoms with van der Waals surface area (Å²) in [4.78, 5) is 9.75. The second kappa shape index (κ2) is 7.38. The lowest BCUT2D eigenvalue weighted by Crippen LogP contribution is -2.31. The number of methoxy groups -OCH3 is 1. The van der Waals surface area contributed by atoms with Crippen LogP contribution in [0.15, 0.2) is 6.20 Å². The third-order valence-corrected chi connectivity index (χ3v) is 4.76. The van der Waals surface area contributed by atoms with Gasteiger partial charge in [0.2, 0.25) is 0 Å². The van der Waals surface area contributed by atoms with Crippen molar-refractivity contribution in [1.29, 1.82) is 0 Å². The average molecular weight is 292 g/mol. The number of ether oxygens (including phenoxy) is 1. The molecule has 5 nitrogen and oxygen atoms in total. The van der Waals surface area contributed by atoms with Crippen molar-refractivity contribution in [3.05, 3.63) is 17.7 Å². The van der Waals surface area contributed by atoms with E-state index in [2.05, 4.69) is 25.5 Å². The third kappa shape index (κ3) is 3.84. The Kier molecular flexibility index (Phi) is 5.27. The van der Waals surface area contributed by atoms with Gasteiger partial charge in [0, 0.05) is 52.5 Å². The topological polar surface area (TPSA) is 33.5 Å². The van der Waals surface area contributed by atoms with Gasteiger partial charge in [-0.2, -0.15) is 0 Å². The second-order valence-electron chi connectivity index (χ2n) is 6.24. The van der Waals surface area contributed by atoms with Gasteiger partial charge in [-0.3, -0.25) is 9.80 Å². The molecule has 0 spiro atoms. The highest BCUT2D eigenvalue weighted by Gasteiger charge is 2.19. The average Bonchev–Trinajstić information content (AvgIpc) is 2.78. The van der Waals surface area contributed by atoms with E-state index in [1.165, 1.54) is 43.9 Å². The molecule has 3 rings (SSSR count). The van der Waals surface area contributed by atoms with Crippen molar-refractivity contribution in [2.45, 2.75) is 38.8 Å². The molecule has 21 heavy (non-hydrogen) atoms. The zero-order chi connectivity index (χ0) is 14.5. The van der Waals surface area contributed by atoms with Crippen LogP contribution in [-0.2, 0) is 24.2 Å². The van der Waals surface area contributed by atoms with Gasteiger partial charge >= 0.3 is 0 Å². The standard InChI is InChI=1S/C16H28N4O/c1-21-12-11-18-8-5-16-17-13-15(20(16)10-9-18)14-19-6-3-2-4-7-19/h13H,2-12,14H2,1H3. The molecule has 3 heterocycles. The molecule has 118 valence electrons. The number of hydrogen-bond acceptors (Lipinski definition) is 4. The zero-order valence-corrected chi connectivity index (χ0v) is 13.3. The van der Waals surface area contributed by atoms with Crippen molar-refractivity contribution in [3.8, 4) is 0 Å². The van der Waals surface area contributed by atoms with E-state index in [4.69, 9.17) is 4.74 Å². The Hall–Kier alpha value is -0.910. The van der Waals surface area contributed by atoms with Crippen LogP contribution in [-0.4, -0.2) is 65.8 Å². The summed E-state index contributed by atoms with van der Waals surface area (Å²) >= 11 is 0. The van der Waals surface area contributed by atoms with Gasteiger partial charge in [0.1, 0.15) is 5.82 Å². The number of imidazole rings is 1. The van der Waals surface area contributed by atoms with Crippen molar-refractivity contribution in [2.24, 2.45) is 0 Å². The maximum absolute atomic E-state index is 5.20. The highest BCUT2D eigenvalue weighted by Crippen LogP contribution is 2.16. The molecule has 2 aliphatic rings. The maximum Gasteiger partial charge on any atom is 0.110 e. The Morgan fingerprint density at radius 1 is 1.05 bits per heavy atom. The van der Waals surface area contributed by atoms with Crippen molar-refractivity contribution in [2.75, 3.05) is 46.4 Å². The number of likely N-dealkylation sites (tertiary alicyclic amines) is 1. The molecule has 5 heteroatoms. The van der Waals surface area contributed by atoms with E-state index in [-0.39, 0.29) is 0 Å². The summed E-state index contributed by atoms with van der Waals surface area (Å²) in [7, 11) is 1.78. The Labute approximate surface area is 127 Å². The van der Waals surface area contributed by atoms with Crippen LogP contribution < -0.4 is 0 Å². The minimum atomic E-state index is 0.822. The fourth-order valence-corrected chi connectivity index (χ4v) is 3.45. The van der Waals surface area contributed by atoms with Gasteiger partial charge in [0.15, 0.2) is 0 Å². The lowest BCUT2D eigenvalue weighted by atomic mass is 10.1. The van der Waals surface area contributed by atoms with E-state index in [0.717, 1.165) is 45.8 Å². The first-order chi connectivity index (χ1) is 10.4. The van der Waals surface area contributed by atoms with Crippen molar-refractivity contribution in [1.82, 2.24) is 19.4 Å². The molecule has 1 saturated heterocycles. The van der Waals surface area contributed by atoms with Gasteiger partial charge in [-0.05, 0) is 25.9 Å². The van der Waals surface area contributed by atoms with Crippen molar-refractivity contribution >= 4 is 0 Å². The lowest BCUT2D eigenvalue weighted by molar-refractivity contribution is 0.148. The van der Waals surface area contributed by atoms with Crippen LogP contribution in [0.25, 0.3) is 0 Å². The molecule has 0 radical (unpaired) electrons. The Morgan fingerprint density at radius 2 is 1.90 bits per heavy atom. The van der Waals surface area contributed by atoms with Crippen LogP contribution >= 0.6 is 0 Å². The monoisotopic (exact) mass is 292 g/mol. The van der Waals surface area contributed by atoms with Gasteiger partial charge in [-0.15, -0.1) is 0 Å². The summed E-state index contributed by atoms with van der Waals surface area (Å²) in [6.07, 6.45) is 7.27. The minimum Gasteiger partial charge on any atom is -0.383 e. The van der Waals surface area contributed by atoms with E-state index >= 15 is 0 Å². The van der Waals surface area contributed by atoms with Crippen LogP contribution in [0.1, 0.15) is 30.8 Å². The summed E-state index contributed by atoms with van der Waals surface area (Å²) in [6.45, 7) is 8.71. The van der Waals surface area contributed by atoms with Crippen LogP contribution in [0, 0.1) is 0 Å². The molecule has 1 aromatic heterocycles. The van der Waals surface area contributed by atoms with Gasteiger partial charge in [-0.25, -0.2) is 4.98 Å². The number of nitrogens with zero attached hydrogens (tertiary/aromatic N) is 4. The fraction of sp³-hybridized carbons (Fsp3) is 0.812. The quantitative estimate of drug-likeness (QED) is 0.821. The number of rotatable bonds is 5. The van der Waals surface area contributed by atoms with Crippen LogP contribution in [0.2, 0.25) is 0 Å². The van der Waals surface area contributed by atoms with Crippen molar-refractivity contribution in [3.63, 3.8) is 0 Å². The van der Waals surface area contributed by atoms with Gasteiger partial charge in [0.05, 0.1) is 12.3 Å². The summed E-state index contributed by atoms with van der Waals surface area (Å²) in [5, 5.41) is 0. The Bertz CT molecular complexity index is 439. The van der Waals surface area contributed by atoms with E-state index in [0.29, 0.717) is 0 Å². The molecule has 1 fully saturated rings. The number of hydrogen-bond donors (Lipinski definition) is 0. The largest absolute Gasteiger partial charge is 0.383 e. The maximum atomic E-state index is 5.20. The normalized spacial score (nSPS) is 21.2. The molecule has 0 aromatic carbocycles. The SMILES string of the molecule is COCCN1CCc2ncc(CN3CCCCC3)n2CC1. The van der Waals surface area contributed by atoms with Crippen LogP contribution in [0.3, 0.4) is 0 Å². The molecule has 0 saturated carbocycles. The summed E-state index contributed by atoms with van der Waals surface area (Å²) in [5.74, 6) is 1.27. The molecule has 1 aromatic rings. The first-order valence-electron chi connectivity index (χ1n) is 8.34. The molecule has 0 aliphatic carbocycles. The molecule has 0 unspecified atom stereocenters. The van der Waals surface area contributed by atoms with Crippen LogP contribution in [0.4, 0.5) is 0 Å². The molecule has 0 bridgehead atoms. The predicted molar refractivity (Wildman–Crippen MR) is 83.4 cm³/mol. The lowest BCUT2D eigenvalue weighted by Gasteiger charge is -2.26. The smallest absolute Gasteiger partial charge is 0.110 e. The molecule has 0 atom stereocenters. The molecular formula is C16H28N4O. The number of piperidine rings is 1. The van der Waals surface area contributed by atoms with E-state index in [1.807, 2.05) is 0 Å². The third-order valence-electron chi connectivity index (χ3n) is 4.76. The van der Waals surface area contributed by atoms with Crippen LogP contribution in [0.5, 0.6) is 0 Å². The summed E-state index contributed by atoms with van der Waals surface area (Å²) in [5.41, 5.74) is 1.40. The second-order valence-corrected chi connectivity index (χ2v) is 6.24.